The molecule has 0 saturated heterocycles. The topological polar surface area (TPSA) is 54.5 Å². The molecule has 0 bridgehead atoms. The van der Waals surface area contributed by atoms with Crippen molar-refractivity contribution in [2.75, 3.05) is 0 Å². The van der Waals surface area contributed by atoms with Crippen molar-refractivity contribution in [3.05, 3.63) is 65.6 Å². The highest BCUT2D eigenvalue weighted by Crippen LogP contribution is 2.25. The van der Waals surface area contributed by atoms with Crippen LogP contribution in [0.2, 0.25) is 0 Å². The first-order valence-corrected chi connectivity index (χ1v) is 6.38. The Labute approximate surface area is 121 Å². The fourth-order valence-corrected chi connectivity index (χ4v) is 2.20. The van der Waals surface area contributed by atoms with E-state index in [9.17, 15) is 9.65 Å². The Hall–Kier alpha value is -3.00. The third-order valence-corrected chi connectivity index (χ3v) is 3.12. The maximum atomic E-state index is 13.4. The zero-order chi connectivity index (χ0) is 14.8. The molecule has 3 rings (SSSR count). The van der Waals surface area contributed by atoms with Gasteiger partial charge < -0.3 is 0 Å². The van der Waals surface area contributed by atoms with Gasteiger partial charge in [0.15, 0.2) is 5.69 Å². The summed E-state index contributed by atoms with van der Waals surface area (Å²) in [6.45, 7) is 1.96. The van der Waals surface area contributed by atoms with E-state index in [2.05, 4.69) is 10.3 Å². The average Bonchev–Trinajstić information content (AvgIpc) is 2.91. The van der Waals surface area contributed by atoms with E-state index in [0.29, 0.717) is 11.4 Å². The molecule has 2 aromatic carbocycles. The van der Waals surface area contributed by atoms with Crippen molar-refractivity contribution in [2.45, 2.75) is 6.92 Å². The Morgan fingerprint density at radius 1 is 1.14 bits per heavy atom. The third kappa shape index (κ3) is 2.39. The van der Waals surface area contributed by atoms with Gasteiger partial charge in [-0.3, -0.25) is 0 Å². The van der Waals surface area contributed by atoms with E-state index < -0.39 is 0 Å². The fourth-order valence-electron chi connectivity index (χ4n) is 2.20. The Morgan fingerprint density at radius 2 is 1.95 bits per heavy atom. The summed E-state index contributed by atoms with van der Waals surface area (Å²) in [7, 11) is 0. The standard InChI is InChI=1S/C16H11FN4/c1-11-4-2-5-12(8-11)16-15(10-18)19-20-21(16)14-7-3-6-13(17)9-14/h2-9H,1H3. The van der Waals surface area contributed by atoms with Gasteiger partial charge in [-0.05, 0) is 31.2 Å². The number of nitrogens with zero attached hydrogens (tertiary/aromatic N) is 4. The summed E-state index contributed by atoms with van der Waals surface area (Å²) in [4.78, 5) is 0. The van der Waals surface area contributed by atoms with E-state index >= 15 is 0 Å². The zero-order valence-corrected chi connectivity index (χ0v) is 11.3. The lowest BCUT2D eigenvalue weighted by molar-refractivity contribution is 0.625. The van der Waals surface area contributed by atoms with Crippen molar-refractivity contribution >= 4 is 0 Å². The van der Waals surface area contributed by atoms with E-state index in [1.807, 2.05) is 37.3 Å². The molecule has 102 valence electrons. The molecule has 0 spiro atoms. The van der Waals surface area contributed by atoms with Crippen molar-refractivity contribution in [2.24, 2.45) is 0 Å². The Bertz CT molecular complexity index is 845. The normalized spacial score (nSPS) is 10.3. The lowest BCUT2D eigenvalue weighted by Crippen LogP contribution is -2.00. The number of aromatic nitrogens is 3. The van der Waals surface area contributed by atoms with Gasteiger partial charge in [0.25, 0.3) is 0 Å². The second kappa shape index (κ2) is 5.17. The van der Waals surface area contributed by atoms with Crippen LogP contribution in [0.25, 0.3) is 16.9 Å². The van der Waals surface area contributed by atoms with Crippen molar-refractivity contribution in [1.82, 2.24) is 15.0 Å². The summed E-state index contributed by atoms with van der Waals surface area (Å²) < 4.78 is 14.9. The monoisotopic (exact) mass is 278 g/mol. The number of hydrogen-bond donors (Lipinski definition) is 0. The van der Waals surface area contributed by atoms with E-state index in [-0.39, 0.29) is 11.5 Å². The van der Waals surface area contributed by atoms with Gasteiger partial charge in [0.1, 0.15) is 17.6 Å². The van der Waals surface area contributed by atoms with Crippen LogP contribution < -0.4 is 0 Å². The minimum Gasteiger partial charge on any atom is -0.211 e. The maximum absolute atomic E-state index is 13.4. The molecule has 0 atom stereocenters. The van der Waals surface area contributed by atoms with Crippen molar-refractivity contribution in [3.63, 3.8) is 0 Å². The number of nitriles is 1. The molecule has 0 aliphatic heterocycles. The molecule has 0 aliphatic carbocycles. The van der Waals surface area contributed by atoms with E-state index in [4.69, 9.17) is 0 Å². The number of rotatable bonds is 2. The number of halogens is 1. The molecule has 0 saturated carbocycles. The molecule has 21 heavy (non-hydrogen) atoms. The molecular formula is C16H11FN4. The molecule has 0 N–H and O–H groups in total. The van der Waals surface area contributed by atoms with Crippen molar-refractivity contribution in [3.8, 4) is 23.0 Å². The van der Waals surface area contributed by atoms with Crippen LogP contribution in [-0.2, 0) is 0 Å². The average molecular weight is 278 g/mol. The molecule has 0 fully saturated rings. The minimum absolute atomic E-state index is 0.213. The first kappa shape index (κ1) is 13.0. The van der Waals surface area contributed by atoms with E-state index in [1.54, 1.807) is 12.1 Å². The Morgan fingerprint density at radius 3 is 2.67 bits per heavy atom. The molecule has 1 heterocycles. The number of benzene rings is 2. The Balaban J connectivity index is 2.25. The van der Waals surface area contributed by atoms with Crippen molar-refractivity contribution < 1.29 is 4.39 Å². The first-order chi connectivity index (χ1) is 10.2. The van der Waals surface area contributed by atoms with Gasteiger partial charge in [0, 0.05) is 5.56 Å². The molecule has 4 nitrogen and oxygen atoms in total. The highest BCUT2D eigenvalue weighted by molar-refractivity contribution is 5.67. The van der Waals surface area contributed by atoms with Crippen LogP contribution in [0.1, 0.15) is 11.3 Å². The van der Waals surface area contributed by atoms with Gasteiger partial charge in [-0.1, -0.05) is 35.0 Å². The van der Waals surface area contributed by atoms with E-state index in [0.717, 1.165) is 11.1 Å². The summed E-state index contributed by atoms with van der Waals surface area (Å²) in [5.41, 5.74) is 3.18. The maximum Gasteiger partial charge on any atom is 0.191 e. The molecular weight excluding hydrogens is 267 g/mol. The highest BCUT2D eigenvalue weighted by Gasteiger charge is 2.16. The van der Waals surface area contributed by atoms with Crippen molar-refractivity contribution in [1.29, 1.82) is 5.26 Å². The van der Waals surface area contributed by atoms with Crippen LogP contribution in [0.15, 0.2) is 48.5 Å². The van der Waals surface area contributed by atoms with E-state index in [1.165, 1.54) is 16.8 Å². The molecule has 1 aromatic heterocycles. The molecule has 0 unspecified atom stereocenters. The van der Waals surface area contributed by atoms with Gasteiger partial charge in [-0.2, -0.15) is 5.26 Å². The van der Waals surface area contributed by atoms with Crippen LogP contribution in [0.4, 0.5) is 4.39 Å². The molecule has 5 heteroatoms. The predicted octanol–water partition coefficient (Wildman–Crippen LogP) is 3.25. The summed E-state index contributed by atoms with van der Waals surface area (Å²) >= 11 is 0. The van der Waals surface area contributed by atoms with Crippen LogP contribution in [0.5, 0.6) is 0 Å². The lowest BCUT2D eigenvalue weighted by Gasteiger charge is -2.07. The fraction of sp³-hybridized carbons (Fsp3) is 0.0625. The second-order valence-electron chi connectivity index (χ2n) is 4.66. The smallest absolute Gasteiger partial charge is 0.191 e. The molecule has 0 amide bonds. The third-order valence-electron chi connectivity index (χ3n) is 3.12. The summed E-state index contributed by atoms with van der Waals surface area (Å²) in [6, 6.07) is 15.7. The van der Waals surface area contributed by atoms with Gasteiger partial charge in [-0.15, -0.1) is 5.10 Å². The van der Waals surface area contributed by atoms with Gasteiger partial charge in [0.05, 0.1) is 5.69 Å². The van der Waals surface area contributed by atoms with Crippen LogP contribution in [0.3, 0.4) is 0 Å². The Kier molecular flexibility index (Phi) is 3.20. The number of hydrogen-bond acceptors (Lipinski definition) is 3. The van der Waals surface area contributed by atoms with Crippen LogP contribution in [-0.4, -0.2) is 15.0 Å². The van der Waals surface area contributed by atoms with Gasteiger partial charge in [-0.25, -0.2) is 9.07 Å². The lowest BCUT2D eigenvalue weighted by atomic mass is 10.1. The first-order valence-electron chi connectivity index (χ1n) is 6.38. The van der Waals surface area contributed by atoms with Gasteiger partial charge in [0.2, 0.25) is 0 Å². The summed E-state index contributed by atoms with van der Waals surface area (Å²) in [5, 5.41) is 17.1. The highest BCUT2D eigenvalue weighted by atomic mass is 19.1. The largest absolute Gasteiger partial charge is 0.211 e. The quantitative estimate of drug-likeness (QED) is 0.723. The zero-order valence-electron chi connectivity index (χ0n) is 11.3. The summed E-state index contributed by atoms with van der Waals surface area (Å²) in [5.74, 6) is -0.364. The SMILES string of the molecule is Cc1cccc(-c2c(C#N)nnn2-c2cccc(F)c2)c1. The van der Waals surface area contributed by atoms with Crippen LogP contribution >= 0.6 is 0 Å². The predicted molar refractivity (Wildman–Crippen MR) is 76.2 cm³/mol. The second-order valence-corrected chi connectivity index (χ2v) is 4.66. The van der Waals surface area contributed by atoms with Gasteiger partial charge >= 0.3 is 0 Å². The summed E-state index contributed by atoms with van der Waals surface area (Å²) in [6.07, 6.45) is 0. The minimum atomic E-state index is -0.364. The number of aryl methyl sites for hydroxylation is 1. The molecule has 0 radical (unpaired) electrons. The molecule has 0 aliphatic rings. The molecule has 3 aromatic rings. The van der Waals surface area contributed by atoms with Crippen LogP contribution in [0, 0.1) is 24.1 Å².